The van der Waals surface area contributed by atoms with Crippen LogP contribution in [0.25, 0.3) is 5.69 Å². The van der Waals surface area contributed by atoms with Crippen molar-refractivity contribution in [2.24, 2.45) is 4.99 Å². The molecule has 2 aromatic carbocycles. The van der Waals surface area contributed by atoms with E-state index < -0.39 is 40.0 Å². The van der Waals surface area contributed by atoms with Crippen LogP contribution in [0.5, 0.6) is 0 Å². The van der Waals surface area contributed by atoms with E-state index >= 15 is 0 Å². The van der Waals surface area contributed by atoms with Gasteiger partial charge in [-0.1, -0.05) is 17.7 Å². The summed E-state index contributed by atoms with van der Waals surface area (Å²) in [6.45, 7) is 1.59. The van der Waals surface area contributed by atoms with Gasteiger partial charge in [-0.15, -0.1) is 10.2 Å². The number of aromatic nitrogens is 3. The highest BCUT2D eigenvalue weighted by Crippen LogP contribution is 2.41. The molecular formula is C18H10ClF5N4. The number of fused-ring (bicyclic) bond motifs is 3. The molecule has 0 radical (unpaired) electrons. The summed E-state index contributed by atoms with van der Waals surface area (Å²) >= 11 is 6.11. The van der Waals surface area contributed by atoms with Gasteiger partial charge in [0.1, 0.15) is 24.0 Å². The van der Waals surface area contributed by atoms with Crippen molar-refractivity contribution in [1.29, 1.82) is 0 Å². The Kier molecular flexibility index (Phi) is 4.22. The molecule has 2 heterocycles. The highest BCUT2D eigenvalue weighted by molar-refractivity contribution is 6.37. The first kappa shape index (κ1) is 18.5. The highest BCUT2D eigenvalue weighted by atomic mass is 35.5. The lowest BCUT2D eigenvalue weighted by Gasteiger charge is -2.18. The number of nitrogens with zero attached hydrogens (tertiary/aromatic N) is 4. The van der Waals surface area contributed by atoms with Gasteiger partial charge < -0.3 is 0 Å². The summed E-state index contributed by atoms with van der Waals surface area (Å²) in [5.74, 6) is -1.64. The second kappa shape index (κ2) is 6.37. The molecule has 0 unspecified atom stereocenters. The lowest BCUT2D eigenvalue weighted by atomic mass is 9.97. The van der Waals surface area contributed by atoms with Crippen molar-refractivity contribution in [3.63, 3.8) is 0 Å². The maximum absolute atomic E-state index is 14.5. The molecule has 0 fully saturated rings. The van der Waals surface area contributed by atoms with E-state index in [1.165, 1.54) is 10.9 Å². The first-order valence-electron chi connectivity index (χ1n) is 8.02. The lowest BCUT2D eigenvalue weighted by Crippen LogP contribution is -2.15. The average molecular weight is 413 g/mol. The van der Waals surface area contributed by atoms with Gasteiger partial charge in [0.15, 0.2) is 5.82 Å². The molecule has 1 aliphatic heterocycles. The molecule has 0 saturated heterocycles. The Bertz CT molecular complexity index is 1100. The van der Waals surface area contributed by atoms with Crippen LogP contribution in [0.2, 0.25) is 5.02 Å². The second-order valence-corrected chi connectivity index (χ2v) is 6.51. The van der Waals surface area contributed by atoms with Gasteiger partial charge in [0.2, 0.25) is 0 Å². The zero-order valence-corrected chi connectivity index (χ0v) is 14.9. The third kappa shape index (κ3) is 2.77. The van der Waals surface area contributed by atoms with Crippen LogP contribution >= 0.6 is 11.6 Å². The molecule has 1 atom stereocenters. The number of hydrogen-bond acceptors (Lipinski definition) is 3. The van der Waals surface area contributed by atoms with E-state index in [9.17, 15) is 22.0 Å². The SMILES string of the molecule is C[C@@H]1N=C(c2c(F)cccc2F)c2c(ccc(C(F)(F)F)c2Cl)-n2cnnc21. The number of benzene rings is 2. The third-order valence-corrected chi connectivity index (χ3v) is 4.78. The molecule has 0 saturated carbocycles. The summed E-state index contributed by atoms with van der Waals surface area (Å²) in [7, 11) is 0. The van der Waals surface area contributed by atoms with Crippen LogP contribution in [0, 0.1) is 11.6 Å². The molecule has 0 bridgehead atoms. The Balaban J connectivity index is 2.13. The summed E-state index contributed by atoms with van der Waals surface area (Å²) < 4.78 is 70.6. The first-order chi connectivity index (χ1) is 13.2. The number of alkyl halides is 3. The van der Waals surface area contributed by atoms with Crippen molar-refractivity contribution in [3.05, 3.63) is 75.8 Å². The Labute approximate surface area is 160 Å². The first-order valence-corrected chi connectivity index (χ1v) is 8.40. The molecule has 28 heavy (non-hydrogen) atoms. The number of halogens is 6. The van der Waals surface area contributed by atoms with Crippen molar-refractivity contribution in [2.75, 3.05) is 0 Å². The largest absolute Gasteiger partial charge is 0.417 e. The molecule has 144 valence electrons. The fourth-order valence-electron chi connectivity index (χ4n) is 3.15. The Hall–Kier alpha value is -2.81. The van der Waals surface area contributed by atoms with Crippen molar-refractivity contribution in [1.82, 2.24) is 14.8 Å². The third-order valence-electron chi connectivity index (χ3n) is 4.39. The fourth-order valence-corrected chi connectivity index (χ4v) is 3.51. The van der Waals surface area contributed by atoms with Gasteiger partial charge in [-0.05, 0) is 31.2 Å². The molecule has 1 aliphatic rings. The van der Waals surface area contributed by atoms with E-state index in [0.29, 0.717) is 5.82 Å². The maximum atomic E-state index is 14.5. The van der Waals surface area contributed by atoms with E-state index in [1.807, 2.05) is 0 Å². The lowest BCUT2D eigenvalue weighted by molar-refractivity contribution is -0.137. The van der Waals surface area contributed by atoms with E-state index in [0.717, 1.165) is 30.3 Å². The van der Waals surface area contributed by atoms with Crippen molar-refractivity contribution in [3.8, 4) is 5.69 Å². The van der Waals surface area contributed by atoms with Crippen LogP contribution in [0.3, 0.4) is 0 Å². The molecule has 3 aromatic rings. The van der Waals surface area contributed by atoms with Crippen LogP contribution in [0.4, 0.5) is 22.0 Å². The van der Waals surface area contributed by atoms with Gasteiger partial charge in [0.05, 0.1) is 27.5 Å². The normalized spacial score (nSPS) is 16.2. The topological polar surface area (TPSA) is 43.1 Å². The fraction of sp³-hybridized carbons (Fsp3) is 0.167. The predicted octanol–water partition coefficient (Wildman–Crippen LogP) is 5.13. The summed E-state index contributed by atoms with van der Waals surface area (Å²) in [5.41, 5.74) is -2.12. The van der Waals surface area contributed by atoms with Crippen LogP contribution < -0.4 is 0 Å². The smallest absolute Gasteiger partial charge is 0.283 e. The Morgan fingerprint density at radius 3 is 2.36 bits per heavy atom. The standard InChI is InChI=1S/C18H10ClF5N4/c1-8-17-27-25-7-28(17)12-6-5-9(18(22,23)24)15(19)14(12)16(26-8)13-10(20)3-2-4-11(13)21/h2-8H,1H3/t8-/m0/s1. The maximum Gasteiger partial charge on any atom is 0.417 e. The minimum Gasteiger partial charge on any atom is -0.283 e. The van der Waals surface area contributed by atoms with Gasteiger partial charge in [0.25, 0.3) is 0 Å². The summed E-state index contributed by atoms with van der Waals surface area (Å²) in [6.07, 6.45) is -3.48. The van der Waals surface area contributed by atoms with Gasteiger partial charge in [-0.25, -0.2) is 8.78 Å². The van der Waals surface area contributed by atoms with Crippen LogP contribution in [-0.2, 0) is 6.18 Å². The molecule has 4 rings (SSSR count). The number of rotatable bonds is 1. The molecule has 1 aromatic heterocycles. The molecular weight excluding hydrogens is 403 g/mol. The zero-order valence-electron chi connectivity index (χ0n) is 14.1. The second-order valence-electron chi connectivity index (χ2n) is 6.13. The molecule has 0 aliphatic carbocycles. The quantitative estimate of drug-likeness (QED) is 0.520. The van der Waals surface area contributed by atoms with Gasteiger partial charge in [0, 0.05) is 5.56 Å². The van der Waals surface area contributed by atoms with Crippen LogP contribution in [-0.4, -0.2) is 20.5 Å². The van der Waals surface area contributed by atoms with E-state index in [2.05, 4.69) is 15.2 Å². The zero-order chi connectivity index (χ0) is 20.2. The van der Waals surface area contributed by atoms with Crippen molar-refractivity contribution < 1.29 is 22.0 Å². The Morgan fingerprint density at radius 1 is 1.04 bits per heavy atom. The summed E-state index contributed by atoms with van der Waals surface area (Å²) in [6, 6.07) is 4.36. The van der Waals surface area contributed by atoms with E-state index in [-0.39, 0.29) is 17.0 Å². The molecule has 0 N–H and O–H groups in total. The minimum atomic E-state index is -4.76. The molecule has 0 amide bonds. The highest BCUT2D eigenvalue weighted by Gasteiger charge is 2.37. The predicted molar refractivity (Wildman–Crippen MR) is 91.8 cm³/mol. The van der Waals surface area contributed by atoms with Gasteiger partial charge in [-0.3, -0.25) is 9.56 Å². The van der Waals surface area contributed by atoms with Gasteiger partial charge in [-0.2, -0.15) is 13.2 Å². The minimum absolute atomic E-state index is 0.142. The van der Waals surface area contributed by atoms with Crippen molar-refractivity contribution in [2.45, 2.75) is 19.1 Å². The number of aliphatic imine (C=N–C) groups is 1. The molecule has 0 spiro atoms. The van der Waals surface area contributed by atoms with E-state index in [1.54, 1.807) is 6.92 Å². The van der Waals surface area contributed by atoms with Crippen molar-refractivity contribution >= 4 is 17.3 Å². The monoisotopic (exact) mass is 412 g/mol. The van der Waals surface area contributed by atoms with Crippen LogP contribution in [0.1, 0.15) is 35.5 Å². The summed E-state index contributed by atoms with van der Waals surface area (Å²) in [5, 5.41) is 6.97. The van der Waals surface area contributed by atoms with Crippen LogP contribution in [0.15, 0.2) is 41.7 Å². The average Bonchev–Trinajstić information content (AvgIpc) is 3.05. The molecule has 4 nitrogen and oxygen atoms in total. The Morgan fingerprint density at radius 2 is 1.71 bits per heavy atom. The molecule has 10 heteroatoms. The summed E-state index contributed by atoms with van der Waals surface area (Å²) in [4.78, 5) is 4.27. The van der Waals surface area contributed by atoms with E-state index in [4.69, 9.17) is 11.6 Å². The number of hydrogen-bond donors (Lipinski definition) is 0. The van der Waals surface area contributed by atoms with Gasteiger partial charge >= 0.3 is 6.18 Å².